The molecule has 0 bridgehead atoms. The Balaban J connectivity index is 1.34. The molecule has 0 radical (unpaired) electrons. The van der Waals surface area contributed by atoms with E-state index in [0.29, 0.717) is 38.3 Å². The van der Waals surface area contributed by atoms with E-state index in [1.165, 1.54) is 0 Å². The van der Waals surface area contributed by atoms with Crippen LogP contribution in [0.15, 0.2) is 18.2 Å². The van der Waals surface area contributed by atoms with E-state index in [4.69, 9.17) is 9.72 Å². The van der Waals surface area contributed by atoms with Gasteiger partial charge in [0.05, 0.1) is 24.2 Å². The lowest BCUT2D eigenvalue weighted by Gasteiger charge is -2.34. The lowest BCUT2D eigenvalue weighted by atomic mass is 10.2. The summed E-state index contributed by atoms with van der Waals surface area (Å²) < 4.78 is 7.02. The van der Waals surface area contributed by atoms with Gasteiger partial charge < -0.3 is 24.4 Å². The van der Waals surface area contributed by atoms with Gasteiger partial charge in [-0.3, -0.25) is 9.69 Å². The number of piperazine rings is 1. The summed E-state index contributed by atoms with van der Waals surface area (Å²) in [5, 5.41) is 2.71. The third kappa shape index (κ3) is 5.16. The van der Waals surface area contributed by atoms with Crippen LogP contribution in [-0.4, -0.2) is 94.1 Å². The van der Waals surface area contributed by atoms with Crippen molar-refractivity contribution < 1.29 is 19.1 Å². The molecule has 2 saturated heterocycles. The van der Waals surface area contributed by atoms with Crippen molar-refractivity contribution in [2.75, 3.05) is 45.9 Å². The second-order valence-corrected chi connectivity index (χ2v) is 8.98. The minimum absolute atomic E-state index is 0.0817. The van der Waals surface area contributed by atoms with Crippen LogP contribution in [0, 0.1) is 0 Å². The zero-order chi connectivity index (χ0) is 24.2. The molecular weight excluding hydrogens is 436 g/mol. The summed E-state index contributed by atoms with van der Waals surface area (Å²) in [6, 6.07) is 4.84. The molecule has 1 unspecified atom stereocenters. The molecule has 1 N–H and O–H groups in total. The van der Waals surface area contributed by atoms with Crippen molar-refractivity contribution in [2.45, 2.75) is 39.3 Å². The van der Waals surface area contributed by atoms with Crippen LogP contribution in [-0.2, 0) is 23.1 Å². The largest absolute Gasteiger partial charge is 0.464 e. The number of carbonyl (C=O) groups is 3. The predicted octanol–water partition coefficient (Wildman–Crippen LogP) is 1.59. The average molecular weight is 471 g/mol. The molecule has 3 heterocycles. The molecule has 1 aromatic carbocycles. The Kier molecular flexibility index (Phi) is 7.35. The van der Waals surface area contributed by atoms with Crippen LogP contribution < -0.4 is 5.32 Å². The highest BCUT2D eigenvalue weighted by Gasteiger charge is 2.26. The highest BCUT2D eigenvalue weighted by Crippen LogP contribution is 2.21. The number of likely N-dealkylation sites (tertiary alicyclic amines) is 1. The minimum Gasteiger partial charge on any atom is -0.464 e. The number of amides is 3. The van der Waals surface area contributed by atoms with Crippen molar-refractivity contribution in [1.82, 2.24) is 29.6 Å². The Morgan fingerprint density at radius 2 is 1.76 bits per heavy atom. The molecule has 0 spiro atoms. The molecule has 1 aromatic heterocycles. The standard InChI is InChI=1S/C24H34N6O4/c1-4-34-23(32)17(2)25-24(33)30-13-11-28(12-14-30)16-21-26-19-15-18(7-8-20(19)27(21)3)22(31)29-9-5-6-10-29/h7-8,15,17H,4-6,9-14,16H2,1-3H3,(H,25,33). The van der Waals surface area contributed by atoms with Crippen molar-refractivity contribution in [3.8, 4) is 0 Å². The number of urea groups is 1. The van der Waals surface area contributed by atoms with E-state index in [2.05, 4.69) is 14.8 Å². The maximum atomic E-state index is 12.7. The summed E-state index contributed by atoms with van der Waals surface area (Å²) in [7, 11) is 1.99. The van der Waals surface area contributed by atoms with E-state index < -0.39 is 12.0 Å². The topological polar surface area (TPSA) is 100 Å². The monoisotopic (exact) mass is 470 g/mol. The van der Waals surface area contributed by atoms with Gasteiger partial charge in [0.1, 0.15) is 11.9 Å². The van der Waals surface area contributed by atoms with E-state index in [0.717, 1.165) is 42.8 Å². The molecule has 2 fully saturated rings. The lowest BCUT2D eigenvalue weighted by molar-refractivity contribution is -0.144. The van der Waals surface area contributed by atoms with Crippen molar-refractivity contribution in [3.63, 3.8) is 0 Å². The van der Waals surface area contributed by atoms with Gasteiger partial charge in [-0.25, -0.2) is 14.6 Å². The van der Waals surface area contributed by atoms with Crippen LogP contribution in [0.2, 0.25) is 0 Å². The number of hydrogen-bond acceptors (Lipinski definition) is 6. The number of benzene rings is 1. The first-order valence-corrected chi connectivity index (χ1v) is 12.1. The lowest BCUT2D eigenvalue weighted by Crippen LogP contribution is -2.54. The molecule has 10 nitrogen and oxygen atoms in total. The van der Waals surface area contributed by atoms with Crippen LogP contribution in [0.1, 0.15) is 42.9 Å². The first kappa shape index (κ1) is 24.0. The van der Waals surface area contributed by atoms with E-state index in [1.807, 2.05) is 30.1 Å². The highest BCUT2D eigenvalue weighted by atomic mass is 16.5. The van der Waals surface area contributed by atoms with Gasteiger partial charge in [-0.2, -0.15) is 0 Å². The van der Waals surface area contributed by atoms with Gasteiger partial charge in [-0.1, -0.05) is 0 Å². The van der Waals surface area contributed by atoms with Gasteiger partial charge in [0.25, 0.3) is 5.91 Å². The third-order valence-corrected chi connectivity index (χ3v) is 6.62. The normalized spacial score (nSPS) is 17.7. The summed E-state index contributed by atoms with van der Waals surface area (Å²) in [6.07, 6.45) is 2.14. The van der Waals surface area contributed by atoms with Crippen molar-refractivity contribution in [1.29, 1.82) is 0 Å². The van der Waals surface area contributed by atoms with Crippen molar-refractivity contribution >= 4 is 28.9 Å². The molecule has 4 rings (SSSR count). The van der Waals surface area contributed by atoms with Crippen LogP contribution >= 0.6 is 0 Å². The molecule has 184 valence electrons. The minimum atomic E-state index is -0.673. The van der Waals surface area contributed by atoms with Crippen LogP contribution in [0.25, 0.3) is 11.0 Å². The number of ether oxygens (including phenoxy) is 1. The predicted molar refractivity (Wildman–Crippen MR) is 127 cm³/mol. The van der Waals surface area contributed by atoms with Gasteiger partial charge in [0.15, 0.2) is 0 Å². The number of rotatable bonds is 6. The van der Waals surface area contributed by atoms with Crippen LogP contribution in [0.3, 0.4) is 0 Å². The number of aromatic nitrogens is 2. The molecule has 0 aliphatic carbocycles. The number of nitrogens with one attached hydrogen (secondary N) is 1. The molecule has 34 heavy (non-hydrogen) atoms. The second-order valence-electron chi connectivity index (χ2n) is 8.98. The maximum absolute atomic E-state index is 12.7. The Bertz CT molecular complexity index is 1050. The third-order valence-electron chi connectivity index (χ3n) is 6.62. The average Bonchev–Trinajstić information content (AvgIpc) is 3.48. The van der Waals surface area contributed by atoms with Gasteiger partial charge in [0.2, 0.25) is 0 Å². The summed E-state index contributed by atoms with van der Waals surface area (Å²) in [5.74, 6) is 0.578. The maximum Gasteiger partial charge on any atom is 0.328 e. The van der Waals surface area contributed by atoms with Gasteiger partial charge >= 0.3 is 12.0 Å². The first-order valence-electron chi connectivity index (χ1n) is 12.1. The molecule has 2 aromatic rings. The van der Waals surface area contributed by atoms with E-state index in [1.54, 1.807) is 18.7 Å². The van der Waals surface area contributed by atoms with Gasteiger partial charge in [-0.15, -0.1) is 0 Å². The summed E-state index contributed by atoms with van der Waals surface area (Å²) in [5.41, 5.74) is 2.52. The van der Waals surface area contributed by atoms with Crippen LogP contribution in [0.4, 0.5) is 4.79 Å². The molecule has 1 atom stereocenters. The van der Waals surface area contributed by atoms with Crippen molar-refractivity contribution in [2.24, 2.45) is 7.05 Å². The molecule has 10 heteroatoms. The summed E-state index contributed by atoms with van der Waals surface area (Å²) >= 11 is 0. The van der Waals surface area contributed by atoms with Gasteiger partial charge in [-0.05, 0) is 44.9 Å². The quantitative estimate of drug-likeness (QED) is 0.644. The SMILES string of the molecule is CCOC(=O)C(C)NC(=O)N1CCN(Cc2nc3cc(C(=O)N4CCCC4)ccc3n2C)CC1. The Morgan fingerprint density at radius 1 is 1.06 bits per heavy atom. The number of nitrogens with zero attached hydrogens (tertiary/aromatic N) is 5. The Hall–Kier alpha value is -3.14. The molecule has 2 aliphatic heterocycles. The fraction of sp³-hybridized carbons (Fsp3) is 0.583. The molecule has 0 saturated carbocycles. The van der Waals surface area contributed by atoms with E-state index in [9.17, 15) is 14.4 Å². The fourth-order valence-electron chi connectivity index (χ4n) is 4.54. The zero-order valence-electron chi connectivity index (χ0n) is 20.2. The summed E-state index contributed by atoms with van der Waals surface area (Å²) in [4.78, 5) is 47.7. The fourth-order valence-corrected chi connectivity index (χ4v) is 4.54. The molecule has 3 amide bonds. The van der Waals surface area contributed by atoms with E-state index in [-0.39, 0.29) is 18.5 Å². The second kappa shape index (κ2) is 10.4. The number of esters is 1. The number of fused-ring (bicyclic) bond motifs is 1. The van der Waals surface area contributed by atoms with Crippen LogP contribution in [0.5, 0.6) is 0 Å². The first-order chi connectivity index (χ1) is 16.4. The number of hydrogen-bond donors (Lipinski definition) is 1. The zero-order valence-corrected chi connectivity index (χ0v) is 20.2. The smallest absolute Gasteiger partial charge is 0.328 e. The van der Waals surface area contributed by atoms with E-state index >= 15 is 0 Å². The molecule has 2 aliphatic rings. The Morgan fingerprint density at radius 3 is 2.44 bits per heavy atom. The Labute approximate surface area is 199 Å². The number of carbonyl (C=O) groups excluding carboxylic acids is 3. The highest BCUT2D eigenvalue weighted by molar-refractivity contribution is 5.97. The summed E-state index contributed by atoms with van der Waals surface area (Å²) in [6.45, 7) is 8.54. The number of imidazole rings is 1. The van der Waals surface area contributed by atoms with Gasteiger partial charge in [0, 0.05) is 51.9 Å². The number of aryl methyl sites for hydroxylation is 1. The molecular formula is C24H34N6O4. The van der Waals surface area contributed by atoms with Crippen molar-refractivity contribution in [3.05, 3.63) is 29.6 Å².